The van der Waals surface area contributed by atoms with E-state index in [9.17, 15) is 9.59 Å². The summed E-state index contributed by atoms with van der Waals surface area (Å²) in [7, 11) is 0. The quantitative estimate of drug-likeness (QED) is 0.527. The lowest BCUT2D eigenvalue weighted by molar-refractivity contribution is -0.152. The van der Waals surface area contributed by atoms with Gasteiger partial charge < -0.3 is 30.6 Å². The van der Waals surface area contributed by atoms with Crippen molar-refractivity contribution in [2.24, 2.45) is 0 Å². The highest BCUT2D eigenvalue weighted by molar-refractivity contribution is 5.73. The second-order valence-corrected chi connectivity index (χ2v) is 2.76. The number of rotatable bonds is 3. The summed E-state index contributed by atoms with van der Waals surface area (Å²) < 4.78 is 4.41. The zero-order chi connectivity index (χ0) is 14.4. The largest absolute Gasteiger partial charge is 0.479 e. The molecule has 0 saturated carbocycles. The van der Waals surface area contributed by atoms with E-state index in [-0.39, 0.29) is 26.9 Å². The van der Waals surface area contributed by atoms with E-state index < -0.39 is 24.1 Å². The third-order valence-electron chi connectivity index (χ3n) is 0.985. The van der Waals surface area contributed by atoms with Crippen molar-refractivity contribution in [2.75, 3.05) is 13.2 Å². The maximum atomic E-state index is 10.3. The molecular weight excluding hydrogens is 272 g/mol. The fourth-order valence-corrected chi connectivity index (χ4v) is 0.263. The number of hydrogen-bond donors (Lipinski definition) is 4. The molecule has 0 aromatic heterocycles. The number of carbonyl (C=O) groups excluding carboxylic acids is 1. The fourth-order valence-electron chi connectivity index (χ4n) is 0.263. The van der Waals surface area contributed by atoms with Crippen LogP contribution in [0.25, 0.3) is 0 Å². The Morgan fingerprint density at radius 1 is 1.05 bits per heavy atom. The average Bonchev–Trinajstić information content (AvgIpc) is 2.19. The van der Waals surface area contributed by atoms with Crippen LogP contribution in [0.4, 0.5) is 0 Å². The molecule has 0 amide bonds. The van der Waals surface area contributed by atoms with Crippen molar-refractivity contribution in [2.45, 2.75) is 54.8 Å². The van der Waals surface area contributed by atoms with E-state index in [1.165, 1.54) is 13.8 Å². The van der Waals surface area contributed by atoms with Gasteiger partial charge in [0, 0.05) is 6.61 Å². The van der Waals surface area contributed by atoms with Gasteiger partial charge in [-0.25, -0.2) is 9.59 Å². The van der Waals surface area contributed by atoms with Gasteiger partial charge in [-0.1, -0.05) is 14.9 Å². The molecule has 0 spiro atoms. The van der Waals surface area contributed by atoms with Crippen LogP contribution in [0.5, 0.6) is 0 Å². The van der Waals surface area contributed by atoms with Crippen molar-refractivity contribution >= 4 is 11.9 Å². The molecule has 20 heavy (non-hydrogen) atoms. The summed E-state index contributed by atoms with van der Waals surface area (Å²) in [6.45, 7) is 6.52. The minimum absolute atomic E-state index is 0. The van der Waals surface area contributed by atoms with Gasteiger partial charge in [0.15, 0.2) is 0 Å². The van der Waals surface area contributed by atoms with Gasteiger partial charge in [0.2, 0.25) is 0 Å². The zero-order valence-corrected chi connectivity index (χ0v) is 11.1. The minimum atomic E-state index is -1.23. The van der Waals surface area contributed by atoms with Crippen molar-refractivity contribution in [3.63, 3.8) is 0 Å². The fraction of sp³-hybridized carbons (Fsp3) is 0.833. The van der Waals surface area contributed by atoms with Crippen LogP contribution in [0.2, 0.25) is 0 Å². The minimum Gasteiger partial charge on any atom is -0.479 e. The summed E-state index contributed by atoms with van der Waals surface area (Å²) in [5, 5.41) is 31.8. The molecule has 0 aliphatic heterocycles. The molecule has 8 heteroatoms. The molecule has 0 saturated heterocycles. The number of aliphatic carboxylic acids is 1. The molecule has 0 radical (unpaired) electrons. The summed E-state index contributed by atoms with van der Waals surface area (Å²) in [6, 6.07) is 0. The molecule has 0 rings (SSSR count). The lowest BCUT2D eigenvalue weighted by Gasteiger charge is -2.01. The topological polar surface area (TPSA) is 156 Å². The molecule has 0 heterocycles. The lowest BCUT2D eigenvalue weighted by Crippen LogP contribution is -2.18. The van der Waals surface area contributed by atoms with Crippen LogP contribution < -0.4 is 0 Å². The predicted octanol–water partition coefficient (Wildman–Crippen LogP) is -0.172. The monoisotopic (exact) mass is 304 g/mol. The number of ether oxygens (including phenoxy) is 1. The van der Waals surface area contributed by atoms with Crippen molar-refractivity contribution in [1.82, 2.24) is 0 Å². The molecule has 8 nitrogen and oxygen atoms in total. The smallest absolute Gasteiger partial charge is 0.334 e. The number of hydrogen-bond acceptors (Lipinski definition) is 6. The number of aliphatic hydroxyl groups excluding tert-OH is 3. The van der Waals surface area contributed by atoms with Gasteiger partial charge in [-0.15, -0.1) is 0 Å². The van der Waals surface area contributed by atoms with E-state index >= 15 is 0 Å². The van der Waals surface area contributed by atoms with Crippen LogP contribution >= 0.6 is 0 Å². The number of carbonyl (C=O) groups is 2. The van der Waals surface area contributed by atoms with Crippen LogP contribution in [0, 0.1) is 0 Å². The summed E-state index contributed by atoms with van der Waals surface area (Å²) >= 11 is 0. The maximum Gasteiger partial charge on any atom is 0.334 e. The normalized spacial score (nSPS) is 10.2. The van der Waals surface area contributed by atoms with Crippen molar-refractivity contribution in [3.8, 4) is 0 Å². The maximum absolute atomic E-state index is 10.3. The van der Waals surface area contributed by atoms with Crippen molar-refractivity contribution < 1.29 is 40.2 Å². The van der Waals surface area contributed by atoms with Gasteiger partial charge in [0.25, 0.3) is 0 Å². The number of carboxylic acid groups (broad SMARTS) is 1. The van der Waals surface area contributed by atoms with Crippen LogP contribution in [-0.4, -0.2) is 63.3 Å². The van der Waals surface area contributed by atoms with Crippen LogP contribution in [0.15, 0.2) is 0 Å². The third kappa shape index (κ3) is 43.7. The van der Waals surface area contributed by atoms with E-state index in [0.29, 0.717) is 6.61 Å². The first-order chi connectivity index (χ1) is 7.74. The highest BCUT2D eigenvalue weighted by atomic mass is 16.5. The van der Waals surface area contributed by atoms with Gasteiger partial charge in [-0.05, 0) is 27.7 Å². The molecule has 0 aromatic carbocycles. The molecule has 0 aromatic rings. The number of esters is 1. The zero-order valence-electron chi connectivity index (χ0n) is 11.1. The summed E-state index contributed by atoms with van der Waals surface area (Å²) in [6.07, 6.45) is -2.22. The molecule has 2 atom stereocenters. The Bertz CT molecular complexity index is 192. The standard InChI is InChI=1S/C5H10O3.C3H6O3.C2H6O.2CH4.H2O/c1-3-8-5(7)4(2)6;1-2(4)3(5)6;1-2-3;;;/h4,6H,3H2,1-2H3;2,4H,1H3,(H,5,6);3H,2H2,1H3;2*1H4;1H2. The van der Waals surface area contributed by atoms with Gasteiger partial charge in [0.05, 0.1) is 6.61 Å². The predicted molar refractivity (Wildman–Crippen MR) is 77.5 cm³/mol. The average molecular weight is 304 g/mol. The Hall–Kier alpha value is -1.22. The number of carboxylic acids is 1. The summed E-state index contributed by atoms with van der Waals surface area (Å²) in [4.78, 5) is 19.7. The molecule has 0 aliphatic rings. The van der Waals surface area contributed by atoms with Gasteiger partial charge in [-0.3, -0.25) is 0 Å². The van der Waals surface area contributed by atoms with Crippen LogP contribution in [0.3, 0.4) is 0 Å². The Kier molecular flexibility index (Phi) is 47.9. The molecule has 128 valence electrons. The molecular formula is C12H32O8. The molecule has 0 fully saturated rings. The Labute approximate surface area is 121 Å². The summed E-state index contributed by atoms with van der Waals surface area (Å²) in [5.41, 5.74) is 0. The molecule has 0 aliphatic carbocycles. The Morgan fingerprint density at radius 3 is 1.35 bits per heavy atom. The van der Waals surface area contributed by atoms with E-state index in [4.69, 9.17) is 20.4 Å². The second kappa shape index (κ2) is 26.4. The Balaban J connectivity index is -0.0000000370. The number of aliphatic hydroxyl groups is 3. The van der Waals surface area contributed by atoms with E-state index in [1.54, 1.807) is 13.8 Å². The van der Waals surface area contributed by atoms with Gasteiger partial charge >= 0.3 is 11.9 Å². The Morgan fingerprint density at radius 2 is 1.30 bits per heavy atom. The third-order valence-corrected chi connectivity index (χ3v) is 0.985. The molecule has 6 N–H and O–H groups in total. The van der Waals surface area contributed by atoms with Gasteiger partial charge in [0.1, 0.15) is 12.2 Å². The first kappa shape index (κ1) is 36.3. The van der Waals surface area contributed by atoms with E-state index in [1.807, 2.05) is 0 Å². The first-order valence-corrected chi connectivity index (χ1v) is 5.10. The lowest BCUT2D eigenvalue weighted by atomic mass is 10.4. The second-order valence-electron chi connectivity index (χ2n) is 2.76. The van der Waals surface area contributed by atoms with Crippen LogP contribution in [-0.2, 0) is 14.3 Å². The summed E-state index contributed by atoms with van der Waals surface area (Å²) in [5.74, 6) is -1.75. The van der Waals surface area contributed by atoms with Crippen molar-refractivity contribution in [3.05, 3.63) is 0 Å². The molecule has 2 unspecified atom stereocenters. The highest BCUT2D eigenvalue weighted by Crippen LogP contribution is 1.84. The van der Waals surface area contributed by atoms with Crippen LogP contribution in [0.1, 0.15) is 42.5 Å². The van der Waals surface area contributed by atoms with Crippen molar-refractivity contribution in [1.29, 1.82) is 0 Å². The highest BCUT2D eigenvalue weighted by Gasteiger charge is 2.07. The molecule has 0 bridgehead atoms. The first-order valence-electron chi connectivity index (χ1n) is 5.10. The van der Waals surface area contributed by atoms with Gasteiger partial charge in [-0.2, -0.15) is 0 Å². The van der Waals surface area contributed by atoms with E-state index in [2.05, 4.69) is 4.74 Å². The SMILES string of the molecule is C.C.CC(O)C(=O)O.CCO.CCOC(=O)C(C)O.O. The van der Waals surface area contributed by atoms with E-state index in [0.717, 1.165) is 0 Å².